The highest BCUT2D eigenvalue weighted by Crippen LogP contribution is 2.35. The molecule has 4 aromatic carbocycles. The van der Waals surface area contributed by atoms with Crippen molar-refractivity contribution >= 4 is 28.4 Å². The second kappa shape index (κ2) is 9.97. The maximum Gasteiger partial charge on any atom is 0.235 e. The summed E-state index contributed by atoms with van der Waals surface area (Å²) in [4.78, 5) is 10.2. The number of nitrogens with zero attached hydrogens (tertiary/aromatic N) is 3. The number of hydrogen-bond donors (Lipinski definition) is 2. The van der Waals surface area contributed by atoms with E-state index in [0.717, 1.165) is 55.9 Å². The number of benzene rings is 4. The SMILES string of the molecule is N=C1/C(=C\Nc2ccccc2)C=Cc2c1n(-c1nc(-c3ccccc3)cc(-c3ccccc3)n1)c1ccccc21. The summed E-state index contributed by atoms with van der Waals surface area (Å²) in [5.74, 6) is 0.535. The number of fused-ring (bicyclic) bond motifs is 3. The molecule has 0 bridgehead atoms. The quantitative estimate of drug-likeness (QED) is 0.243. The highest BCUT2D eigenvalue weighted by Gasteiger charge is 2.26. The van der Waals surface area contributed by atoms with E-state index in [1.54, 1.807) is 0 Å². The van der Waals surface area contributed by atoms with Gasteiger partial charge in [-0.2, -0.15) is 0 Å². The van der Waals surface area contributed by atoms with Crippen LogP contribution in [0.15, 0.2) is 139 Å². The van der Waals surface area contributed by atoms with Crippen molar-refractivity contribution in [3.8, 4) is 28.5 Å². The van der Waals surface area contributed by atoms with Gasteiger partial charge in [0.25, 0.3) is 0 Å². The number of nitrogens with one attached hydrogen (secondary N) is 2. The Morgan fingerprint density at radius 3 is 1.88 bits per heavy atom. The van der Waals surface area contributed by atoms with Gasteiger partial charge in [-0.05, 0) is 24.3 Å². The van der Waals surface area contributed by atoms with E-state index in [-0.39, 0.29) is 0 Å². The van der Waals surface area contributed by atoms with Crippen molar-refractivity contribution in [1.29, 1.82) is 5.41 Å². The lowest BCUT2D eigenvalue weighted by atomic mass is 9.96. The van der Waals surface area contributed by atoms with Crippen LogP contribution in [0.2, 0.25) is 0 Å². The van der Waals surface area contributed by atoms with Gasteiger partial charge < -0.3 is 5.32 Å². The summed E-state index contributed by atoms with van der Waals surface area (Å²) < 4.78 is 2.03. The molecule has 0 saturated heterocycles. The summed E-state index contributed by atoms with van der Waals surface area (Å²) in [5, 5.41) is 13.7. The highest BCUT2D eigenvalue weighted by atomic mass is 15.2. The Hall–Kier alpha value is -5.55. The van der Waals surface area contributed by atoms with E-state index in [9.17, 15) is 5.41 Å². The molecular weight excluding hydrogens is 490 g/mol. The van der Waals surface area contributed by atoms with E-state index in [0.29, 0.717) is 11.7 Å². The molecule has 40 heavy (non-hydrogen) atoms. The average molecular weight is 516 g/mol. The Bertz CT molecular complexity index is 1860. The Balaban J connectivity index is 1.44. The molecule has 190 valence electrons. The van der Waals surface area contributed by atoms with Gasteiger partial charge in [-0.1, -0.05) is 109 Å². The van der Waals surface area contributed by atoms with Gasteiger partial charge in [0, 0.05) is 39.5 Å². The van der Waals surface area contributed by atoms with Crippen LogP contribution >= 0.6 is 0 Å². The molecule has 2 aromatic heterocycles. The first kappa shape index (κ1) is 23.6. The van der Waals surface area contributed by atoms with Crippen LogP contribution in [0.1, 0.15) is 11.3 Å². The summed E-state index contributed by atoms with van der Waals surface area (Å²) in [6, 6.07) is 40.5. The molecule has 0 spiro atoms. The second-order valence-electron chi connectivity index (χ2n) is 9.60. The van der Waals surface area contributed by atoms with Crippen LogP contribution in [0.3, 0.4) is 0 Å². The lowest BCUT2D eigenvalue weighted by Gasteiger charge is -2.17. The van der Waals surface area contributed by atoms with Crippen LogP contribution in [0.4, 0.5) is 5.69 Å². The molecule has 1 aliphatic rings. The first-order valence-electron chi connectivity index (χ1n) is 13.2. The van der Waals surface area contributed by atoms with Gasteiger partial charge in [0.15, 0.2) is 0 Å². The first-order chi connectivity index (χ1) is 19.8. The van der Waals surface area contributed by atoms with Gasteiger partial charge in [-0.25, -0.2) is 9.97 Å². The summed E-state index contributed by atoms with van der Waals surface area (Å²) in [6.07, 6.45) is 5.97. The molecule has 0 unspecified atom stereocenters. The van der Waals surface area contributed by atoms with Crippen molar-refractivity contribution in [2.24, 2.45) is 0 Å². The predicted molar refractivity (Wildman–Crippen MR) is 164 cm³/mol. The molecule has 0 saturated carbocycles. The molecular formula is C35H25N5. The van der Waals surface area contributed by atoms with E-state index < -0.39 is 0 Å². The predicted octanol–water partition coefficient (Wildman–Crippen LogP) is 8.15. The molecule has 2 N–H and O–H groups in total. The number of allylic oxidation sites excluding steroid dienone is 2. The normalized spacial score (nSPS) is 13.5. The van der Waals surface area contributed by atoms with Crippen molar-refractivity contribution in [2.45, 2.75) is 0 Å². The fourth-order valence-corrected chi connectivity index (χ4v) is 5.14. The Labute approximate surface area is 232 Å². The van der Waals surface area contributed by atoms with Crippen molar-refractivity contribution in [2.75, 3.05) is 5.32 Å². The van der Waals surface area contributed by atoms with Crippen LogP contribution in [0.25, 0.3) is 45.4 Å². The fraction of sp³-hybridized carbons (Fsp3) is 0. The molecule has 0 atom stereocenters. The highest BCUT2D eigenvalue weighted by molar-refractivity contribution is 6.20. The molecule has 1 aliphatic carbocycles. The second-order valence-corrected chi connectivity index (χ2v) is 9.60. The zero-order valence-electron chi connectivity index (χ0n) is 21.6. The molecule has 5 nitrogen and oxygen atoms in total. The number of para-hydroxylation sites is 2. The van der Waals surface area contributed by atoms with E-state index in [2.05, 4.69) is 47.8 Å². The molecule has 6 aromatic rings. The lowest BCUT2D eigenvalue weighted by molar-refractivity contribution is 0.956. The van der Waals surface area contributed by atoms with Crippen molar-refractivity contribution < 1.29 is 0 Å². The third-order valence-corrected chi connectivity index (χ3v) is 7.09. The topological polar surface area (TPSA) is 66.6 Å². The standard InChI is InChI=1S/C35H25N5/c36-33-26(23-37-27-16-8-3-9-17-27)20-21-29-28-18-10-11-19-32(28)40(34(29)33)35-38-30(24-12-4-1-5-13-24)22-31(39-35)25-14-6-2-7-15-25/h1-23,36-37H/b26-23-,36-33?. The largest absolute Gasteiger partial charge is 0.361 e. The van der Waals surface area contributed by atoms with E-state index in [1.165, 1.54) is 0 Å². The summed E-state index contributed by atoms with van der Waals surface area (Å²) >= 11 is 0. The summed E-state index contributed by atoms with van der Waals surface area (Å²) in [6.45, 7) is 0. The van der Waals surface area contributed by atoms with Crippen LogP contribution < -0.4 is 5.32 Å². The monoisotopic (exact) mass is 515 g/mol. The Morgan fingerprint density at radius 2 is 1.23 bits per heavy atom. The van der Waals surface area contributed by atoms with Gasteiger partial charge >= 0.3 is 0 Å². The summed E-state index contributed by atoms with van der Waals surface area (Å²) in [7, 11) is 0. The Morgan fingerprint density at radius 1 is 0.650 bits per heavy atom. The molecule has 2 heterocycles. The number of anilines is 1. The van der Waals surface area contributed by atoms with Gasteiger partial charge in [0.2, 0.25) is 5.95 Å². The minimum Gasteiger partial charge on any atom is -0.361 e. The van der Waals surface area contributed by atoms with E-state index in [4.69, 9.17) is 9.97 Å². The smallest absolute Gasteiger partial charge is 0.235 e. The molecule has 0 aliphatic heterocycles. The van der Waals surface area contributed by atoms with Crippen molar-refractivity contribution in [1.82, 2.24) is 14.5 Å². The van der Waals surface area contributed by atoms with E-state index in [1.807, 2.05) is 102 Å². The van der Waals surface area contributed by atoms with Gasteiger partial charge in [-0.3, -0.25) is 9.98 Å². The molecule has 5 heteroatoms. The third kappa shape index (κ3) is 4.20. The lowest BCUT2D eigenvalue weighted by Crippen LogP contribution is -2.16. The molecule has 7 rings (SSSR count). The third-order valence-electron chi connectivity index (χ3n) is 7.09. The van der Waals surface area contributed by atoms with Gasteiger partial charge in [0.1, 0.15) is 0 Å². The minimum absolute atomic E-state index is 0.409. The minimum atomic E-state index is 0.409. The fourth-order valence-electron chi connectivity index (χ4n) is 5.14. The number of aromatic nitrogens is 3. The van der Waals surface area contributed by atoms with Crippen LogP contribution in [0.5, 0.6) is 0 Å². The maximum absolute atomic E-state index is 9.32. The van der Waals surface area contributed by atoms with Crippen molar-refractivity contribution in [3.63, 3.8) is 0 Å². The van der Waals surface area contributed by atoms with Crippen LogP contribution in [0, 0.1) is 5.41 Å². The number of rotatable bonds is 5. The number of hydrogen-bond acceptors (Lipinski definition) is 4. The average Bonchev–Trinajstić information content (AvgIpc) is 3.37. The molecule has 0 radical (unpaired) electrons. The zero-order chi connectivity index (χ0) is 26.9. The van der Waals surface area contributed by atoms with Crippen LogP contribution in [-0.2, 0) is 0 Å². The van der Waals surface area contributed by atoms with Crippen LogP contribution in [-0.4, -0.2) is 20.2 Å². The molecule has 0 amide bonds. The van der Waals surface area contributed by atoms with Crippen molar-refractivity contribution in [3.05, 3.63) is 150 Å². The maximum atomic E-state index is 9.32. The van der Waals surface area contributed by atoms with E-state index >= 15 is 0 Å². The van der Waals surface area contributed by atoms with Gasteiger partial charge in [-0.15, -0.1) is 0 Å². The first-order valence-corrected chi connectivity index (χ1v) is 13.2. The summed E-state index contributed by atoms with van der Waals surface area (Å²) in [5.41, 5.74) is 8.56. The zero-order valence-corrected chi connectivity index (χ0v) is 21.6. The molecule has 0 fully saturated rings. The Kier molecular flexibility index (Phi) is 5.87. The van der Waals surface area contributed by atoms with Gasteiger partial charge in [0.05, 0.1) is 28.3 Å².